The Morgan fingerprint density at radius 1 is 1.36 bits per heavy atom. The monoisotopic (exact) mass is 278 g/mol. The molecule has 0 unspecified atom stereocenters. The molecule has 0 aliphatic carbocycles. The topological polar surface area (TPSA) is 37.3 Å². The Hall–Kier alpha value is -0.350. The van der Waals surface area contributed by atoms with Gasteiger partial charge in [0.05, 0.1) is 5.56 Å². The molecule has 0 atom stereocenters. The third kappa shape index (κ3) is 2.04. The molecular weight excluding hydrogens is 276 g/mol. The van der Waals surface area contributed by atoms with Gasteiger partial charge in [0.15, 0.2) is 0 Å². The standard InChI is InChI=1S/C7H4Br2O2/c8-4-1-2-5(7(10)11)6(9)3-4/h1-3H,(H,10,11). The lowest BCUT2D eigenvalue weighted by Gasteiger charge is -1.97. The summed E-state index contributed by atoms with van der Waals surface area (Å²) in [6.45, 7) is 0. The van der Waals surface area contributed by atoms with E-state index in [9.17, 15) is 4.79 Å². The molecule has 1 aromatic rings. The molecule has 0 spiro atoms. The summed E-state index contributed by atoms with van der Waals surface area (Å²) >= 11 is 6.36. The lowest BCUT2D eigenvalue weighted by molar-refractivity contribution is 0.0696. The van der Waals surface area contributed by atoms with Crippen LogP contribution in [0.1, 0.15) is 10.4 Å². The molecule has 0 aliphatic heterocycles. The lowest BCUT2D eigenvalue weighted by Crippen LogP contribution is -1.96. The molecule has 0 aromatic heterocycles. The van der Waals surface area contributed by atoms with E-state index in [1.54, 1.807) is 12.1 Å². The Balaban J connectivity index is 3.20. The maximum atomic E-state index is 10.5. The maximum Gasteiger partial charge on any atom is 0.336 e. The van der Waals surface area contributed by atoms with Crippen molar-refractivity contribution in [2.75, 3.05) is 0 Å². The molecule has 0 fully saturated rings. The van der Waals surface area contributed by atoms with E-state index in [0.717, 1.165) is 4.47 Å². The lowest BCUT2D eigenvalue weighted by atomic mass is 10.2. The van der Waals surface area contributed by atoms with Crippen molar-refractivity contribution in [1.29, 1.82) is 0 Å². The predicted octanol–water partition coefficient (Wildman–Crippen LogP) is 2.91. The first-order valence-electron chi connectivity index (χ1n) is 2.79. The normalized spacial score (nSPS) is 9.64. The van der Waals surface area contributed by atoms with Gasteiger partial charge in [-0.3, -0.25) is 0 Å². The highest BCUT2D eigenvalue weighted by molar-refractivity contribution is 9.11. The van der Waals surface area contributed by atoms with Gasteiger partial charge < -0.3 is 5.11 Å². The van der Waals surface area contributed by atoms with Crippen LogP contribution in [0, 0.1) is 0 Å². The minimum atomic E-state index is -0.927. The summed E-state index contributed by atoms with van der Waals surface area (Å²) < 4.78 is 1.44. The number of hydrogen-bond donors (Lipinski definition) is 1. The Morgan fingerprint density at radius 3 is 2.45 bits per heavy atom. The van der Waals surface area contributed by atoms with Gasteiger partial charge in [-0.1, -0.05) is 15.9 Å². The van der Waals surface area contributed by atoms with Gasteiger partial charge in [-0.2, -0.15) is 0 Å². The number of carbonyl (C=O) groups is 1. The summed E-state index contributed by atoms with van der Waals surface area (Å²) in [5.74, 6) is -0.927. The zero-order valence-electron chi connectivity index (χ0n) is 5.34. The smallest absolute Gasteiger partial charge is 0.336 e. The van der Waals surface area contributed by atoms with Crippen molar-refractivity contribution in [3.05, 3.63) is 32.7 Å². The summed E-state index contributed by atoms with van der Waals surface area (Å²) in [5.41, 5.74) is 0.271. The van der Waals surface area contributed by atoms with E-state index in [2.05, 4.69) is 31.9 Å². The second kappa shape index (κ2) is 3.36. The largest absolute Gasteiger partial charge is 0.478 e. The third-order valence-corrected chi connectivity index (χ3v) is 2.31. The van der Waals surface area contributed by atoms with Crippen LogP contribution < -0.4 is 0 Å². The molecular formula is C7H4Br2O2. The van der Waals surface area contributed by atoms with Gasteiger partial charge in [-0.25, -0.2) is 4.79 Å². The van der Waals surface area contributed by atoms with Crippen molar-refractivity contribution < 1.29 is 9.90 Å². The van der Waals surface area contributed by atoms with Crippen LogP contribution in [0.2, 0.25) is 0 Å². The molecule has 0 aliphatic rings. The number of rotatable bonds is 1. The van der Waals surface area contributed by atoms with E-state index in [1.807, 2.05) is 0 Å². The number of carboxylic acid groups (broad SMARTS) is 1. The highest BCUT2D eigenvalue weighted by Crippen LogP contribution is 2.21. The van der Waals surface area contributed by atoms with Crippen LogP contribution in [0.25, 0.3) is 0 Å². The molecule has 4 heteroatoms. The number of aromatic carboxylic acids is 1. The molecule has 0 radical (unpaired) electrons. The number of carboxylic acids is 1. The zero-order valence-corrected chi connectivity index (χ0v) is 8.52. The Kier molecular flexibility index (Phi) is 2.67. The minimum absolute atomic E-state index is 0.271. The van der Waals surface area contributed by atoms with Crippen molar-refractivity contribution in [3.63, 3.8) is 0 Å². The first kappa shape index (κ1) is 8.74. The van der Waals surface area contributed by atoms with Crippen LogP contribution >= 0.6 is 31.9 Å². The van der Waals surface area contributed by atoms with Gasteiger partial charge in [-0.15, -0.1) is 0 Å². The molecule has 1 aromatic carbocycles. The molecule has 11 heavy (non-hydrogen) atoms. The summed E-state index contributed by atoms with van der Waals surface area (Å²) in [6, 6.07) is 4.92. The minimum Gasteiger partial charge on any atom is -0.478 e. The number of benzene rings is 1. The summed E-state index contributed by atoms with van der Waals surface area (Å²) in [7, 11) is 0. The van der Waals surface area contributed by atoms with E-state index < -0.39 is 5.97 Å². The molecule has 0 amide bonds. The second-order valence-electron chi connectivity index (χ2n) is 1.93. The van der Waals surface area contributed by atoms with Crippen molar-refractivity contribution in [3.8, 4) is 0 Å². The molecule has 0 bridgehead atoms. The summed E-state index contributed by atoms with van der Waals surface area (Å²) in [5, 5.41) is 8.61. The van der Waals surface area contributed by atoms with Crippen LogP contribution in [-0.4, -0.2) is 11.1 Å². The van der Waals surface area contributed by atoms with Gasteiger partial charge in [-0.05, 0) is 34.1 Å². The molecule has 2 nitrogen and oxygen atoms in total. The van der Waals surface area contributed by atoms with Crippen LogP contribution in [0.5, 0.6) is 0 Å². The molecule has 0 heterocycles. The predicted molar refractivity (Wildman–Crippen MR) is 48.8 cm³/mol. The van der Waals surface area contributed by atoms with Gasteiger partial charge in [0.25, 0.3) is 0 Å². The fourth-order valence-electron chi connectivity index (χ4n) is 0.663. The van der Waals surface area contributed by atoms with Crippen LogP contribution in [-0.2, 0) is 0 Å². The first-order chi connectivity index (χ1) is 5.11. The van der Waals surface area contributed by atoms with Crippen LogP contribution in [0.15, 0.2) is 27.1 Å². The Labute approximate surface area is 80.5 Å². The molecule has 1 N–H and O–H groups in total. The first-order valence-corrected chi connectivity index (χ1v) is 4.38. The molecule has 0 saturated carbocycles. The number of halogens is 2. The van der Waals surface area contributed by atoms with E-state index in [1.165, 1.54) is 6.07 Å². The van der Waals surface area contributed by atoms with Gasteiger partial charge in [0.2, 0.25) is 0 Å². The van der Waals surface area contributed by atoms with Crippen LogP contribution in [0.3, 0.4) is 0 Å². The zero-order chi connectivity index (χ0) is 8.43. The molecule has 1 rings (SSSR count). The fourth-order valence-corrected chi connectivity index (χ4v) is 1.88. The molecule has 58 valence electrons. The average molecular weight is 280 g/mol. The van der Waals surface area contributed by atoms with Crippen LogP contribution in [0.4, 0.5) is 0 Å². The Bertz CT molecular complexity index is 296. The van der Waals surface area contributed by atoms with Gasteiger partial charge >= 0.3 is 5.97 Å². The highest BCUT2D eigenvalue weighted by atomic mass is 79.9. The summed E-state index contributed by atoms with van der Waals surface area (Å²) in [6.07, 6.45) is 0. The Morgan fingerprint density at radius 2 is 2.00 bits per heavy atom. The second-order valence-corrected chi connectivity index (χ2v) is 3.70. The van der Waals surface area contributed by atoms with E-state index in [0.29, 0.717) is 4.47 Å². The van der Waals surface area contributed by atoms with Crippen molar-refractivity contribution in [2.24, 2.45) is 0 Å². The third-order valence-electron chi connectivity index (χ3n) is 1.16. The maximum absolute atomic E-state index is 10.5. The van der Waals surface area contributed by atoms with Gasteiger partial charge in [0, 0.05) is 8.95 Å². The van der Waals surface area contributed by atoms with E-state index >= 15 is 0 Å². The van der Waals surface area contributed by atoms with E-state index in [4.69, 9.17) is 5.11 Å². The van der Waals surface area contributed by atoms with Crippen molar-refractivity contribution >= 4 is 37.8 Å². The quantitative estimate of drug-likeness (QED) is 0.858. The van der Waals surface area contributed by atoms with E-state index in [-0.39, 0.29) is 5.56 Å². The molecule has 0 saturated heterocycles. The number of hydrogen-bond acceptors (Lipinski definition) is 1. The average Bonchev–Trinajstić information content (AvgIpc) is 1.85. The fraction of sp³-hybridized carbons (Fsp3) is 0. The highest BCUT2D eigenvalue weighted by Gasteiger charge is 2.06. The summed E-state index contributed by atoms with van der Waals surface area (Å²) in [4.78, 5) is 10.5. The van der Waals surface area contributed by atoms with Crippen molar-refractivity contribution in [1.82, 2.24) is 0 Å². The SMILES string of the molecule is O=C(O)c1ccc(Br)cc1Br. The van der Waals surface area contributed by atoms with Gasteiger partial charge in [0.1, 0.15) is 0 Å². The van der Waals surface area contributed by atoms with Crippen molar-refractivity contribution in [2.45, 2.75) is 0 Å².